The van der Waals surface area contributed by atoms with Crippen molar-refractivity contribution < 1.29 is 17.9 Å². The first-order chi connectivity index (χ1) is 9.35. The Balaban J connectivity index is 2.54. The van der Waals surface area contributed by atoms with Crippen molar-refractivity contribution in [3.8, 4) is 0 Å². The largest absolute Gasteiger partial charge is 0.469 e. The Labute approximate surface area is 119 Å². The second-order valence-corrected chi connectivity index (χ2v) is 6.69. The van der Waals surface area contributed by atoms with Crippen molar-refractivity contribution in [2.24, 2.45) is 0 Å². The van der Waals surface area contributed by atoms with Gasteiger partial charge in [0.1, 0.15) is 0 Å². The molecule has 0 saturated carbocycles. The molecule has 0 bridgehead atoms. The normalized spacial score (nSPS) is 11.6. The van der Waals surface area contributed by atoms with Gasteiger partial charge in [0.15, 0.2) is 0 Å². The van der Waals surface area contributed by atoms with E-state index in [0.717, 1.165) is 5.56 Å². The van der Waals surface area contributed by atoms with E-state index in [0.29, 0.717) is 5.69 Å². The van der Waals surface area contributed by atoms with E-state index in [4.69, 9.17) is 5.73 Å². The van der Waals surface area contributed by atoms with Gasteiger partial charge in [-0.3, -0.25) is 4.79 Å². The first-order valence-corrected chi connectivity index (χ1v) is 7.81. The molecule has 1 aromatic carbocycles. The van der Waals surface area contributed by atoms with Gasteiger partial charge in [0.2, 0.25) is 10.0 Å². The van der Waals surface area contributed by atoms with Crippen LogP contribution in [0.4, 0.5) is 5.69 Å². The second kappa shape index (κ2) is 7.25. The van der Waals surface area contributed by atoms with Crippen LogP contribution in [0, 0.1) is 0 Å². The van der Waals surface area contributed by atoms with Gasteiger partial charge in [-0.05, 0) is 24.1 Å². The van der Waals surface area contributed by atoms with Crippen LogP contribution in [0.2, 0.25) is 0 Å². The summed E-state index contributed by atoms with van der Waals surface area (Å²) >= 11 is 0. The van der Waals surface area contributed by atoms with Gasteiger partial charge < -0.3 is 10.5 Å². The maximum atomic E-state index is 12.0. The van der Waals surface area contributed by atoms with E-state index in [1.807, 2.05) is 0 Å². The van der Waals surface area contributed by atoms with E-state index >= 15 is 0 Å². The molecule has 2 N–H and O–H groups in total. The van der Waals surface area contributed by atoms with E-state index in [-0.39, 0.29) is 25.1 Å². The number of rotatable bonds is 7. The molecule has 7 heteroatoms. The summed E-state index contributed by atoms with van der Waals surface area (Å²) < 4.78 is 29.8. The summed E-state index contributed by atoms with van der Waals surface area (Å²) in [5.41, 5.74) is 7.07. The lowest BCUT2D eigenvalue weighted by Crippen LogP contribution is -2.29. The highest BCUT2D eigenvalue weighted by atomic mass is 32.2. The van der Waals surface area contributed by atoms with Crippen molar-refractivity contribution in [2.75, 3.05) is 25.6 Å². The van der Waals surface area contributed by atoms with Crippen LogP contribution in [0.15, 0.2) is 24.3 Å². The zero-order valence-corrected chi connectivity index (χ0v) is 12.5. The summed E-state index contributed by atoms with van der Waals surface area (Å²) in [7, 11) is -0.579. The van der Waals surface area contributed by atoms with E-state index < -0.39 is 16.0 Å². The molecule has 112 valence electrons. The number of methoxy groups -OCH3 is 1. The summed E-state index contributed by atoms with van der Waals surface area (Å²) in [6.07, 6.45) is 0.354. The van der Waals surface area contributed by atoms with Gasteiger partial charge in [-0.15, -0.1) is 0 Å². The van der Waals surface area contributed by atoms with Crippen molar-refractivity contribution in [1.29, 1.82) is 0 Å². The first kappa shape index (κ1) is 16.5. The topological polar surface area (TPSA) is 89.7 Å². The van der Waals surface area contributed by atoms with Gasteiger partial charge in [0.05, 0.1) is 12.9 Å². The molecule has 0 aliphatic rings. The lowest BCUT2D eigenvalue weighted by atomic mass is 10.2. The molecule has 20 heavy (non-hydrogen) atoms. The number of ether oxygens (including phenoxy) is 1. The number of nitrogens with two attached hydrogens (primary N) is 1. The van der Waals surface area contributed by atoms with Crippen LogP contribution >= 0.6 is 0 Å². The van der Waals surface area contributed by atoms with Gasteiger partial charge >= 0.3 is 5.97 Å². The third-order valence-electron chi connectivity index (χ3n) is 2.87. The molecule has 0 amide bonds. The van der Waals surface area contributed by atoms with Crippen LogP contribution in [0.3, 0.4) is 0 Å². The fourth-order valence-corrected chi connectivity index (χ4v) is 2.80. The maximum Gasteiger partial charge on any atom is 0.305 e. The Morgan fingerprint density at radius 1 is 1.30 bits per heavy atom. The number of hydrogen-bond donors (Lipinski definition) is 1. The Bertz CT molecular complexity index is 540. The molecule has 0 radical (unpaired) electrons. The first-order valence-electron chi connectivity index (χ1n) is 6.20. The molecule has 0 aliphatic heterocycles. The summed E-state index contributed by atoms with van der Waals surface area (Å²) in [5, 5.41) is 0. The average Bonchev–Trinajstić information content (AvgIpc) is 2.40. The highest BCUT2D eigenvalue weighted by Gasteiger charge is 2.18. The number of sulfonamides is 1. The highest BCUT2D eigenvalue weighted by molar-refractivity contribution is 7.89. The molecule has 1 rings (SSSR count). The van der Waals surface area contributed by atoms with Crippen LogP contribution in [0.1, 0.15) is 18.4 Å². The number of carbonyl (C=O) groups is 1. The monoisotopic (exact) mass is 300 g/mol. The SMILES string of the molecule is COC(=O)CCCS(=O)(=O)N(C)Cc1ccc(N)cc1. The van der Waals surface area contributed by atoms with Crippen LogP contribution in [-0.4, -0.2) is 38.6 Å². The molecule has 0 unspecified atom stereocenters. The van der Waals surface area contributed by atoms with E-state index in [1.165, 1.54) is 18.5 Å². The predicted octanol–water partition coefficient (Wildman–Crippen LogP) is 0.984. The molecule has 0 spiro atoms. The molecule has 0 aliphatic carbocycles. The van der Waals surface area contributed by atoms with Gasteiger partial charge in [-0.25, -0.2) is 12.7 Å². The zero-order chi connectivity index (χ0) is 15.2. The summed E-state index contributed by atoms with van der Waals surface area (Å²) in [6, 6.07) is 7.03. The number of nitrogens with zero attached hydrogens (tertiary/aromatic N) is 1. The van der Waals surface area contributed by atoms with Gasteiger partial charge in [-0.1, -0.05) is 12.1 Å². The quantitative estimate of drug-likeness (QED) is 0.599. The molecule has 6 nitrogen and oxygen atoms in total. The minimum absolute atomic E-state index is 0.0758. The van der Waals surface area contributed by atoms with Crippen LogP contribution in [0.25, 0.3) is 0 Å². The maximum absolute atomic E-state index is 12.0. The van der Waals surface area contributed by atoms with Crippen molar-refractivity contribution >= 4 is 21.7 Å². The van der Waals surface area contributed by atoms with Crippen molar-refractivity contribution in [2.45, 2.75) is 19.4 Å². The zero-order valence-electron chi connectivity index (χ0n) is 11.7. The summed E-state index contributed by atoms with van der Waals surface area (Å²) in [5.74, 6) is -0.477. The van der Waals surface area contributed by atoms with Crippen LogP contribution < -0.4 is 5.73 Å². The lowest BCUT2D eigenvalue weighted by molar-refractivity contribution is -0.140. The molecular formula is C13H20N2O4S. The van der Waals surface area contributed by atoms with E-state index in [1.54, 1.807) is 24.3 Å². The Hall–Kier alpha value is -1.60. The predicted molar refractivity (Wildman–Crippen MR) is 77.4 cm³/mol. The lowest BCUT2D eigenvalue weighted by Gasteiger charge is -2.17. The third-order valence-corrected chi connectivity index (χ3v) is 4.75. The number of nitrogen functional groups attached to an aromatic ring is 1. The molecular weight excluding hydrogens is 280 g/mol. The van der Waals surface area contributed by atoms with Crippen LogP contribution in [0.5, 0.6) is 0 Å². The summed E-state index contributed by atoms with van der Waals surface area (Å²) in [6.45, 7) is 0.279. The smallest absolute Gasteiger partial charge is 0.305 e. The van der Waals surface area contributed by atoms with Crippen LogP contribution in [-0.2, 0) is 26.1 Å². The number of esters is 1. The molecule has 0 heterocycles. The highest BCUT2D eigenvalue weighted by Crippen LogP contribution is 2.11. The van der Waals surface area contributed by atoms with Crippen molar-refractivity contribution in [1.82, 2.24) is 4.31 Å². The molecule has 0 saturated heterocycles. The fourth-order valence-electron chi connectivity index (χ4n) is 1.64. The Morgan fingerprint density at radius 2 is 1.90 bits per heavy atom. The third kappa shape index (κ3) is 5.18. The van der Waals surface area contributed by atoms with Crippen molar-refractivity contribution in [3.63, 3.8) is 0 Å². The van der Waals surface area contributed by atoms with Crippen molar-refractivity contribution in [3.05, 3.63) is 29.8 Å². The molecule has 0 aromatic heterocycles. The number of benzene rings is 1. The second-order valence-electron chi connectivity index (χ2n) is 4.49. The Morgan fingerprint density at radius 3 is 2.45 bits per heavy atom. The van der Waals surface area contributed by atoms with E-state index in [9.17, 15) is 13.2 Å². The Kier molecular flexibility index (Phi) is 5.97. The number of hydrogen-bond acceptors (Lipinski definition) is 5. The molecule has 1 aromatic rings. The molecule has 0 fully saturated rings. The minimum atomic E-state index is -3.38. The van der Waals surface area contributed by atoms with Gasteiger partial charge in [0.25, 0.3) is 0 Å². The average molecular weight is 300 g/mol. The molecule has 0 atom stereocenters. The minimum Gasteiger partial charge on any atom is -0.469 e. The standard InChI is InChI=1S/C13H20N2O4S/c1-15(10-11-5-7-12(14)8-6-11)20(17,18)9-3-4-13(16)19-2/h5-8H,3-4,9-10,14H2,1-2H3. The van der Waals surface area contributed by atoms with Gasteiger partial charge in [-0.2, -0.15) is 0 Å². The number of carbonyl (C=O) groups excluding carboxylic acids is 1. The fraction of sp³-hybridized carbons (Fsp3) is 0.462. The van der Waals surface area contributed by atoms with Gasteiger partial charge in [0, 0.05) is 25.7 Å². The number of anilines is 1. The summed E-state index contributed by atoms with van der Waals surface area (Å²) in [4.78, 5) is 10.9. The van der Waals surface area contributed by atoms with E-state index in [2.05, 4.69) is 4.74 Å².